The fourth-order valence-corrected chi connectivity index (χ4v) is 4.07. The maximum atomic E-state index is 12.8. The summed E-state index contributed by atoms with van der Waals surface area (Å²) in [6.07, 6.45) is 5.93. The van der Waals surface area contributed by atoms with E-state index in [2.05, 4.69) is 64.9 Å². The molecule has 0 spiro atoms. The highest BCUT2D eigenvalue weighted by molar-refractivity contribution is 5.92. The molecule has 1 aliphatic rings. The molecule has 1 amide bonds. The summed E-state index contributed by atoms with van der Waals surface area (Å²) in [5.74, 6) is 0.699. The third-order valence-electron chi connectivity index (χ3n) is 5.84. The largest absolute Gasteiger partial charge is 0.383 e. The van der Waals surface area contributed by atoms with Crippen molar-refractivity contribution in [3.05, 3.63) is 95.8 Å². The van der Waals surface area contributed by atoms with Crippen LogP contribution in [0.25, 0.3) is 0 Å². The van der Waals surface area contributed by atoms with Gasteiger partial charge in [-0.25, -0.2) is 4.98 Å². The van der Waals surface area contributed by atoms with Crippen LogP contribution in [0.4, 0.5) is 5.69 Å². The number of rotatable bonds is 7. The molecule has 1 N–H and O–H groups in total. The second-order valence-electron chi connectivity index (χ2n) is 8.02. The predicted octanol–water partition coefficient (Wildman–Crippen LogP) is 4.83. The quantitative estimate of drug-likeness (QED) is 0.619. The van der Waals surface area contributed by atoms with Gasteiger partial charge in [0.1, 0.15) is 5.69 Å². The molecule has 1 saturated heterocycles. The zero-order chi connectivity index (χ0) is 20.6. The smallest absolute Gasteiger partial charge is 0.272 e. The number of hydrogen-bond acceptors (Lipinski definition) is 3. The van der Waals surface area contributed by atoms with Crippen molar-refractivity contribution < 1.29 is 4.79 Å². The Balaban J connectivity index is 1.24. The van der Waals surface area contributed by atoms with Crippen molar-refractivity contribution in [3.8, 4) is 0 Å². The summed E-state index contributed by atoms with van der Waals surface area (Å²) in [4.78, 5) is 19.2. The minimum absolute atomic E-state index is 0.0454. The van der Waals surface area contributed by atoms with E-state index in [1.807, 2.05) is 23.1 Å². The van der Waals surface area contributed by atoms with Crippen molar-refractivity contribution in [1.82, 2.24) is 9.88 Å². The molecule has 1 fully saturated rings. The maximum Gasteiger partial charge on any atom is 0.272 e. The number of hydrogen-bond donors (Lipinski definition) is 1. The van der Waals surface area contributed by atoms with Crippen LogP contribution in [-0.2, 0) is 12.8 Å². The van der Waals surface area contributed by atoms with Crippen molar-refractivity contribution in [3.63, 3.8) is 0 Å². The fraction of sp³-hybridized carbons (Fsp3) is 0.308. The van der Waals surface area contributed by atoms with E-state index in [1.165, 1.54) is 11.1 Å². The first-order valence-electron chi connectivity index (χ1n) is 10.8. The molecule has 0 saturated carbocycles. The number of amides is 1. The lowest BCUT2D eigenvalue weighted by Crippen LogP contribution is -2.39. The van der Waals surface area contributed by atoms with E-state index < -0.39 is 0 Å². The SMILES string of the molecule is O=C(c1ccc(NCCc2ccccc2)cn1)N1CCC(Cc2ccccc2)CC1. The molecule has 0 radical (unpaired) electrons. The molecule has 4 rings (SSSR count). The van der Waals surface area contributed by atoms with Crippen LogP contribution in [0.15, 0.2) is 79.0 Å². The topological polar surface area (TPSA) is 45.2 Å². The Hall–Kier alpha value is -3.14. The minimum Gasteiger partial charge on any atom is -0.383 e. The minimum atomic E-state index is 0.0454. The molecule has 2 heterocycles. The second kappa shape index (κ2) is 10.1. The van der Waals surface area contributed by atoms with Crippen LogP contribution in [0.3, 0.4) is 0 Å². The number of piperidine rings is 1. The molecule has 154 valence electrons. The van der Waals surface area contributed by atoms with Gasteiger partial charge in [0.2, 0.25) is 0 Å². The highest BCUT2D eigenvalue weighted by atomic mass is 16.2. The van der Waals surface area contributed by atoms with Gasteiger partial charge in [-0.3, -0.25) is 4.79 Å². The molecular formula is C26H29N3O. The lowest BCUT2D eigenvalue weighted by atomic mass is 9.90. The Morgan fingerprint density at radius 3 is 2.20 bits per heavy atom. The summed E-state index contributed by atoms with van der Waals surface area (Å²) in [5.41, 5.74) is 4.17. The lowest BCUT2D eigenvalue weighted by molar-refractivity contribution is 0.0684. The van der Waals surface area contributed by atoms with Crippen LogP contribution in [0.2, 0.25) is 0 Å². The monoisotopic (exact) mass is 399 g/mol. The number of nitrogens with zero attached hydrogens (tertiary/aromatic N) is 2. The molecule has 1 aliphatic heterocycles. The van der Waals surface area contributed by atoms with E-state index in [4.69, 9.17) is 0 Å². The van der Waals surface area contributed by atoms with Crippen LogP contribution in [0.1, 0.15) is 34.5 Å². The summed E-state index contributed by atoms with van der Waals surface area (Å²) in [6.45, 7) is 2.47. The molecule has 0 aliphatic carbocycles. The van der Waals surface area contributed by atoms with Gasteiger partial charge in [-0.2, -0.15) is 0 Å². The summed E-state index contributed by atoms with van der Waals surface area (Å²) >= 11 is 0. The van der Waals surface area contributed by atoms with Crippen molar-refractivity contribution in [2.24, 2.45) is 5.92 Å². The van der Waals surface area contributed by atoms with Crippen LogP contribution < -0.4 is 5.32 Å². The Labute approximate surface area is 179 Å². The van der Waals surface area contributed by atoms with E-state index in [-0.39, 0.29) is 5.91 Å². The zero-order valence-electron chi connectivity index (χ0n) is 17.3. The van der Waals surface area contributed by atoms with Crippen LogP contribution >= 0.6 is 0 Å². The molecule has 3 aromatic rings. The van der Waals surface area contributed by atoms with Crippen LogP contribution in [0.5, 0.6) is 0 Å². The fourth-order valence-electron chi connectivity index (χ4n) is 4.07. The average Bonchev–Trinajstić information content (AvgIpc) is 2.81. The molecule has 4 nitrogen and oxygen atoms in total. The van der Waals surface area contributed by atoms with Gasteiger partial charge in [-0.05, 0) is 54.9 Å². The Morgan fingerprint density at radius 2 is 1.57 bits per heavy atom. The number of carbonyl (C=O) groups excluding carboxylic acids is 1. The second-order valence-corrected chi connectivity index (χ2v) is 8.02. The van der Waals surface area contributed by atoms with Gasteiger partial charge in [0.15, 0.2) is 0 Å². The summed E-state index contributed by atoms with van der Waals surface area (Å²) in [7, 11) is 0. The number of aromatic nitrogens is 1. The van der Waals surface area contributed by atoms with Crippen molar-refractivity contribution >= 4 is 11.6 Å². The standard InChI is InChI=1S/C26H29N3O/c30-26(29-17-14-23(15-18-29)19-22-9-5-2-6-10-22)25-12-11-24(20-28-25)27-16-13-21-7-3-1-4-8-21/h1-12,20,23,27H,13-19H2. The van der Waals surface area contributed by atoms with Crippen molar-refractivity contribution in [2.75, 3.05) is 25.0 Å². The van der Waals surface area contributed by atoms with Crippen molar-refractivity contribution in [2.45, 2.75) is 25.7 Å². The summed E-state index contributed by atoms with van der Waals surface area (Å²) in [5, 5.41) is 3.38. The Kier molecular flexibility index (Phi) is 6.75. The number of likely N-dealkylation sites (tertiary alicyclic amines) is 1. The maximum absolute atomic E-state index is 12.8. The first-order valence-corrected chi connectivity index (χ1v) is 10.8. The first-order chi connectivity index (χ1) is 14.8. The zero-order valence-corrected chi connectivity index (χ0v) is 17.3. The Bertz CT molecular complexity index is 918. The van der Waals surface area contributed by atoms with E-state index in [1.54, 1.807) is 6.20 Å². The molecule has 4 heteroatoms. The predicted molar refractivity (Wildman–Crippen MR) is 122 cm³/mol. The van der Waals surface area contributed by atoms with Crippen LogP contribution in [-0.4, -0.2) is 35.4 Å². The number of nitrogens with one attached hydrogen (secondary N) is 1. The van der Waals surface area contributed by atoms with Gasteiger partial charge in [-0.1, -0.05) is 60.7 Å². The van der Waals surface area contributed by atoms with E-state index in [0.29, 0.717) is 11.6 Å². The van der Waals surface area contributed by atoms with Gasteiger partial charge in [0.05, 0.1) is 11.9 Å². The van der Waals surface area contributed by atoms with Crippen molar-refractivity contribution in [1.29, 1.82) is 0 Å². The summed E-state index contributed by atoms with van der Waals surface area (Å²) < 4.78 is 0. The number of carbonyl (C=O) groups is 1. The van der Waals surface area contributed by atoms with Gasteiger partial charge < -0.3 is 10.2 Å². The highest BCUT2D eigenvalue weighted by Gasteiger charge is 2.24. The van der Waals surface area contributed by atoms with Gasteiger partial charge in [0, 0.05) is 19.6 Å². The van der Waals surface area contributed by atoms with E-state index in [0.717, 1.165) is 51.0 Å². The van der Waals surface area contributed by atoms with Gasteiger partial charge >= 0.3 is 0 Å². The third kappa shape index (κ3) is 5.47. The molecule has 1 aromatic heterocycles. The molecule has 0 atom stereocenters. The molecular weight excluding hydrogens is 370 g/mol. The highest BCUT2D eigenvalue weighted by Crippen LogP contribution is 2.22. The first kappa shape index (κ1) is 20.1. The molecule has 0 bridgehead atoms. The number of anilines is 1. The molecule has 30 heavy (non-hydrogen) atoms. The van der Waals surface area contributed by atoms with E-state index in [9.17, 15) is 4.79 Å². The Morgan fingerprint density at radius 1 is 0.900 bits per heavy atom. The average molecular weight is 400 g/mol. The van der Waals surface area contributed by atoms with E-state index >= 15 is 0 Å². The van der Waals surface area contributed by atoms with Crippen LogP contribution in [0, 0.1) is 5.92 Å². The van der Waals surface area contributed by atoms with Gasteiger partial charge in [-0.15, -0.1) is 0 Å². The lowest BCUT2D eigenvalue weighted by Gasteiger charge is -2.32. The summed E-state index contributed by atoms with van der Waals surface area (Å²) in [6, 6.07) is 24.8. The number of pyridine rings is 1. The normalized spacial score (nSPS) is 14.5. The third-order valence-corrected chi connectivity index (χ3v) is 5.84. The molecule has 0 unspecified atom stereocenters. The number of benzene rings is 2. The van der Waals surface area contributed by atoms with Gasteiger partial charge in [0.25, 0.3) is 5.91 Å². The molecule has 2 aromatic carbocycles.